The van der Waals surface area contributed by atoms with Crippen molar-refractivity contribution in [3.05, 3.63) is 34.3 Å². The van der Waals surface area contributed by atoms with Crippen molar-refractivity contribution in [2.24, 2.45) is 0 Å². The second-order valence-electron chi connectivity index (χ2n) is 4.66. The molecule has 1 aromatic rings. The third kappa shape index (κ3) is 1.58. The summed E-state index contributed by atoms with van der Waals surface area (Å²) in [5, 5.41) is 4.58. The quantitative estimate of drug-likeness (QED) is 0.769. The number of hydrogen-bond donors (Lipinski definition) is 1. The Hall–Kier alpha value is -0.530. The number of halogens is 1. The Balaban J connectivity index is 1.96. The van der Waals surface area contributed by atoms with Crippen molar-refractivity contribution in [2.45, 2.75) is 37.6 Å². The molecule has 1 fully saturated rings. The smallest absolute Gasteiger partial charge is 0.0444 e. The van der Waals surface area contributed by atoms with E-state index in [1.807, 2.05) is 6.07 Å². The summed E-state index contributed by atoms with van der Waals surface area (Å²) >= 11 is 6.32. The molecule has 0 aromatic heterocycles. The van der Waals surface area contributed by atoms with Gasteiger partial charge in [0.25, 0.3) is 0 Å². The van der Waals surface area contributed by atoms with Crippen LogP contribution in [0.2, 0.25) is 5.02 Å². The minimum atomic E-state index is 0.663. The number of hydrogen-bond acceptors (Lipinski definition) is 1. The highest BCUT2D eigenvalue weighted by Gasteiger charge is 2.32. The molecule has 3 rings (SSSR count). The van der Waals surface area contributed by atoms with Crippen LogP contribution in [0.1, 0.15) is 36.3 Å². The van der Waals surface area contributed by atoms with Gasteiger partial charge in [-0.25, -0.2) is 0 Å². The van der Waals surface area contributed by atoms with Gasteiger partial charge in [-0.05, 0) is 49.4 Å². The lowest BCUT2D eigenvalue weighted by atomic mass is 9.92. The molecule has 0 amide bonds. The van der Waals surface area contributed by atoms with Crippen LogP contribution in [0.4, 0.5) is 0 Å². The van der Waals surface area contributed by atoms with Gasteiger partial charge in [-0.1, -0.05) is 23.7 Å². The SMILES string of the molecule is Clc1cccc2c1C(C1CCCN1)CC2. The van der Waals surface area contributed by atoms with E-state index in [1.54, 1.807) is 0 Å². The summed E-state index contributed by atoms with van der Waals surface area (Å²) in [6.45, 7) is 1.18. The van der Waals surface area contributed by atoms with Crippen molar-refractivity contribution < 1.29 is 0 Å². The Morgan fingerprint density at radius 1 is 1.27 bits per heavy atom. The Labute approximate surface area is 95.8 Å². The molecule has 2 heteroatoms. The van der Waals surface area contributed by atoms with E-state index >= 15 is 0 Å². The molecular weight excluding hydrogens is 206 g/mol. The van der Waals surface area contributed by atoms with Gasteiger partial charge >= 0.3 is 0 Å². The van der Waals surface area contributed by atoms with Crippen molar-refractivity contribution in [3.8, 4) is 0 Å². The second-order valence-corrected chi connectivity index (χ2v) is 5.07. The molecule has 1 aliphatic carbocycles. The largest absolute Gasteiger partial charge is 0.313 e. The van der Waals surface area contributed by atoms with Crippen molar-refractivity contribution in [2.75, 3.05) is 6.54 Å². The van der Waals surface area contributed by atoms with Gasteiger partial charge in [-0.15, -0.1) is 0 Å². The summed E-state index contributed by atoms with van der Waals surface area (Å²) in [5.41, 5.74) is 2.90. The summed E-state index contributed by atoms with van der Waals surface area (Å²) in [6, 6.07) is 7.02. The number of benzene rings is 1. The van der Waals surface area contributed by atoms with Gasteiger partial charge < -0.3 is 5.32 Å². The maximum absolute atomic E-state index is 6.32. The van der Waals surface area contributed by atoms with Gasteiger partial charge in [-0.2, -0.15) is 0 Å². The van der Waals surface area contributed by atoms with Gasteiger partial charge in [0.15, 0.2) is 0 Å². The molecule has 0 bridgehead atoms. The standard InChI is InChI=1S/C13H16ClN/c14-11-4-1-3-9-6-7-10(13(9)11)12-5-2-8-15-12/h1,3-4,10,12,15H,2,5-8H2. The molecule has 0 spiro atoms. The molecule has 2 unspecified atom stereocenters. The van der Waals surface area contributed by atoms with E-state index in [4.69, 9.17) is 11.6 Å². The second kappa shape index (κ2) is 3.80. The first kappa shape index (κ1) is 9.68. The van der Waals surface area contributed by atoms with E-state index in [1.165, 1.54) is 43.4 Å². The molecule has 0 radical (unpaired) electrons. The Morgan fingerprint density at radius 2 is 2.20 bits per heavy atom. The van der Waals surface area contributed by atoms with Crippen LogP contribution in [0.5, 0.6) is 0 Å². The van der Waals surface area contributed by atoms with E-state index in [0.717, 1.165) is 5.02 Å². The number of aryl methyl sites for hydroxylation is 1. The highest BCUT2D eigenvalue weighted by Crippen LogP contribution is 2.41. The van der Waals surface area contributed by atoms with Gasteiger partial charge in [0.1, 0.15) is 0 Å². The van der Waals surface area contributed by atoms with Gasteiger partial charge in [0, 0.05) is 17.0 Å². The first-order valence-corrected chi connectivity index (χ1v) is 6.25. The van der Waals surface area contributed by atoms with Crippen LogP contribution < -0.4 is 5.32 Å². The molecule has 2 aliphatic rings. The molecule has 1 nitrogen and oxygen atoms in total. The van der Waals surface area contributed by atoms with E-state index < -0.39 is 0 Å². The monoisotopic (exact) mass is 221 g/mol. The lowest BCUT2D eigenvalue weighted by molar-refractivity contribution is 0.486. The zero-order valence-corrected chi connectivity index (χ0v) is 9.56. The average molecular weight is 222 g/mol. The van der Waals surface area contributed by atoms with Gasteiger partial charge in [0.2, 0.25) is 0 Å². The van der Waals surface area contributed by atoms with Crippen LogP contribution in [0.3, 0.4) is 0 Å². The molecule has 15 heavy (non-hydrogen) atoms. The summed E-state index contributed by atoms with van der Waals surface area (Å²) < 4.78 is 0. The number of fused-ring (bicyclic) bond motifs is 1. The van der Waals surface area contributed by atoms with E-state index in [0.29, 0.717) is 12.0 Å². The number of nitrogens with one attached hydrogen (secondary N) is 1. The Kier molecular flexibility index (Phi) is 2.45. The summed E-state index contributed by atoms with van der Waals surface area (Å²) in [6.07, 6.45) is 5.12. The normalized spacial score (nSPS) is 29.4. The Morgan fingerprint density at radius 3 is 3.00 bits per heavy atom. The van der Waals surface area contributed by atoms with E-state index in [-0.39, 0.29) is 0 Å². The molecule has 1 aromatic carbocycles. The van der Waals surface area contributed by atoms with Crippen molar-refractivity contribution in [1.29, 1.82) is 0 Å². The summed E-state index contributed by atoms with van der Waals surface area (Å²) in [7, 11) is 0. The fraction of sp³-hybridized carbons (Fsp3) is 0.538. The van der Waals surface area contributed by atoms with Gasteiger partial charge in [-0.3, -0.25) is 0 Å². The van der Waals surface area contributed by atoms with Crippen LogP contribution in [0, 0.1) is 0 Å². The molecular formula is C13H16ClN. The highest BCUT2D eigenvalue weighted by molar-refractivity contribution is 6.31. The summed E-state index contributed by atoms with van der Waals surface area (Å²) in [5.74, 6) is 0.663. The van der Waals surface area contributed by atoms with Crippen LogP contribution in [-0.4, -0.2) is 12.6 Å². The summed E-state index contributed by atoms with van der Waals surface area (Å²) in [4.78, 5) is 0. The third-order valence-corrected chi connectivity index (χ3v) is 4.15. The van der Waals surface area contributed by atoms with Crippen LogP contribution in [0.15, 0.2) is 18.2 Å². The minimum Gasteiger partial charge on any atom is -0.313 e. The lowest BCUT2D eigenvalue weighted by Crippen LogP contribution is -2.27. The van der Waals surface area contributed by atoms with E-state index in [2.05, 4.69) is 17.4 Å². The van der Waals surface area contributed by atoms with Crippen molar-refractivity contribution in [1.82, 2.24) is 5.32 Å². The molecule has 2 atom stereocenters. The number of rotatable bonds is 1. The fourth-order valence-corrected chi connectivity index (χ4v) is 3.46. The van der Waals surface area contributed by atoms with Crippen molar-refractivity contribution in [3.63, 3.8) is 0 Å². The third-order valence-electron chi connectivity index (χ3n) is 3.82. The van der Waals surface area contributed by atoms with Crippen LogP contribution in [0.25, 0.3) is 0 Å². The highest BCUT2D eigenvalue weighted by atomic mass is 35.5. The molecule has 0 saturated carbocycles. The Bertz CT molecular complexity index is 369. The zero-order valence-electron chi connectivity index (χ0n) is 8.80. The molecule has 1 heterocycles. The maximum Gasteiger partial charge on any atom is 0.0444 e. The molecule has 1 saturated heterocycles. The van der Waals surface area contributed by atoms with Crippen LogP contribution >= 0.6 is 11.6 Å². The minimum absolute atomic E-state index is 0.663. The lowest BCUT2D eigenvalue weighted by Gasteiger charge is -2.20. The first-order valence-electron chi connectivity index (χ1n) is 5.87. The van der Waals surface area contributed by atoms with E-state index in [9.17, 15) is 0 Å². The predicted molar refractivity (Wildman–Crippen MR) is 63.5 cm³/mol. The molecule has 1 N–H and O–H groups in total. The maximum atomic E-state index is 6.32. The predicted octanol–water partition coefficient (Wildman–Crippen LogP) is 3.12. The zero-order chi connectivity index (χ0) is 10.3. The van der Waals surface area contributed by atoms with Crippen LogP contribution in [-0.2, 0) is 6.42 Å². The average Bonchev–Trinajstić information content (AvgIpc) is 2.85. The molecule has 80 valence electrons. The topological polar surface area (TPSA) is 12.0 Å². The molecule has 1 aliphatic heterocycles. The van der Waals surface area contributed by atoms with Gasteiger partial charge in [0.05, 0.1) is 0 Å². The fourth-order valence-electron chi connectivity index (χ4n) is 3.13. The van der Waals surface area contributed by atoms with Crippen molar-refractivity contribution >= 4 is 11.6 Å². The first-order chi connectivity index (χ1) is 7.36.